The molecule has 0 saturated heterocycles. The van der Waals surface area contributed by atoms with Crippen LogP contribution in [0.5, 0.6) is 0 Å². The summed E-state index contributed by atoms with van der Waals surface area (Å²) in [7, 11) is 1.72. The third-order valence-electron chi connectivity index (χ3n) is 2.79. The van der Waals surface area contributed by atoms with Gasteiger partial charge in [0.1, 0.15) is 0 Å². The molecule has 0 radical (unpaired) electrons. The minimum absolute atomic E-state index is 0.621. The van der Waals surface area contributed by atoms with Crippen LogP contribution in [-0.4, -0.2) is 13.3 Å². The fourth-order valence-electron chi connectivity index (χ4n) is 1.78. The van der Waals surface area contributed by atoms with Crippen molar-refractivity contribution in [3.05, 3.63) is 65.3 Å². The van der Waals surface area contributed by atoms with Crippen LogP contribution in [0.2, 0.25) is 0 Å². The molecule has 0 amide bonds. The Kier molecular flexibility index (Phi) is 5.50. The van der Waals surface area contributed by atoms with Crippen LogP contribution in [0, 0.1) is 18.3 Å². The van der Waals surface area contributed by atoms with Gasteiger partial charge in [-0.2, -0.15) is 5.26 Å². The van der Waals surface area contributed by atoms with Crippen molar-refractivity contribution in [2.45, 2.75) is 13.8 Å². The van der Waals surface area contributed by atoms with Crippen molar-refractivity contribution in [3.63, 3.8) is 0 Å². The van der Waals surface area contributed by atoms with Crippen molar-refractivity contribution >= 4 is 11.8 Å². The fraction of sp³-hybridized carbons (Fsp3) is 0.176. The molecule has 0 bridgehead atoms. The topological polar surface area (TPSA) is 36.1 Å². The molecule has 2 nitrogen and oxygen atoms in total. The first-order chi connectivity index (χ1) is 9.13. The van der Waals surface area contributed by atoms with E-state index in [0.717, 1.165) is 22.3 Å². The number of aliphatic imine (C=N–C) groups is 1. The number of allylic oxidation sites excluding steroid dienone is 5. The highest BCUT2D eigenvalue weighted by Crippen LogP contribution is 2.23. The van der Waals surface area contributed by atoms with Crippen LogP contribution in [0.4, 0.5) is 0 Å². The van der Waals surface area contributed by atoms with Gasteiger partial charge in [0.25, 0.3) is 0 Å². The largest absolute Gasteiger partial charge is 0.296 e. The lowest BCUT2D eigenvalue weighted by Crippen LogP contribution is -1.95. The number of hydrogen-bond donors (Lipinski definition) is 0. The quantitative estimate of drug-likeness (QED) is 0.586. The Morgan fingerprint density at radius 2 is 2.11 bits per heavy atom. The van der Waals surface area contributed by atoms with Crippen molar-refractivity contribution in [2.75, 3.05) is 7.05 Å². The van der Waals surface area contributed by atoms with Crippen molar-refractivity contribution in [3.8, 4) is 6.07 Å². The summed E-state index contributed by atoms with van der Waals surface area (Å²) in [5.74, 6) is 0. The van der Waals surface area contributed by atoms with Gasteiger partial charge in [0.15, 0.2) is 0 Å². The molecule has 0 unspecified atom stereocenters. The van der Waals surface area contributed by atoms with E-state index in [1.54, 1.807) is 13.3 Å². The van der Waals surface area contributed by atoms with Crippen molar-refractivity contribution in [2.24, 2.45) is 4.99 Å². The Hall–Kier alpha value is -2.40. The zero-order valence-corrected chi connectivity index (χ0v) is 11.6. The van der Waals surface area contributed by atoms with Gasteiger partial charge in [-0.1, -0.05) is 30.9 Å². The molecule has 0 fully saturated rings. The SMILES string of the molecule is C=C(/C=C\C=C/C)c1cc(C#N)cc(C=NC)c1C. The average Bonchev–Trinajstić information content (AvgIpc) is 2.41. The summed E-state index contributed by atoms with van der Waals surface area (Å²) in [4.78, 5) is 4.02. The highest BCUT2D eigenvalue weighted by Gasteiger charge is 2.07. The standard InChI is InChI=1S/C17H18N2/c1-5-6-7-8-13(2)17-10-15(11-18)9-16(12-19-4)14(17)3/h5-10,12H,2H2,1,3-4H3/b6-5-,8-7-,19-12?. The molecule has 0 aliphatic heterocycles. The van der Waals surface area contributed by atoms with E-state index in [4.69, 9.17) is 5.26 Å². The molecular weight excluding hydrogens is 232 g/mol. The highest BCUT2D eigenvalue weighted by molar-refractivity contribution is 5.87. The summed E-state index contributed by atoms with van der Waals surface area (Å²) < 4.78 is 0. The highest BCUT2D eigenvalue weighted by atomic mass is 14.6. The van der Waals surface area contributed by atoms with Crippen molar-refractivity contribution in [1.82, 2.24) is 0 Å². The Bertz CT molecular complexity index is 596. The van der Waals surface area contributed by atoms with Crippen LogP contribution in [-0.2, 0) is 0 Å². The molecule has 0 spiro atoms. The van der Waals surface area contributed by atoms with Crippen LogP contribution in [0.3, 0.4) is 0 Å². The lowest BCUT2D eigenvalue weighted by atomic mass is 9.94. The van der Waals surface area contributed by atoms with Crippen LogP contribution in [0.1, 0.15) is 29.2 Å². The van der Waals surface area contributed by atoms with E-state index in [-0.39, 0.29) is 0 Å². The first-order valence-electron chi connectivity index (χ1n) is 6.09. The maximum atomic E-state index is 9.09. The van der Waals surface area contributed by atoms with E-state index in [1.165, 1.54) is 0 Å². The predicted molar refractivity (Wildman–Crippen MR) is 82.4 cm³/mol. The van der Waals surface area contributed by atoms with Gasteiger partial charge in [-0.15, -0.1) is 0 Å². The van der Waals surface area contributed by atoms with Gasteiger partial charge in [0, 0.05) is 13.3 Å². The molecule has 2 heteroatoms. The van der Waals surface area contributed by atoms with Crippen LogP contribution < -0.4 is 0 Å². The lowest BCUT2D eigenvalue weighted by molar-refractivity contribution is 1.37. The summed E-state index contributed by atoms with van der Waals surface area (Å²) in [5, 5.41) is 9.09. The minimum Gasteiger partial charge on any atom is -0.296 e. The van der Waals surface area contributed by atoms with Crippen molar-refractivity contribution < 1.29 is 0 Å². The number of benzene rings is 1. The van der Waals surface area contributed by atoms with E-state index < -0.39 is 0 Å². The average molecular weight is 250 g/mol. The van der Waals surface area contributed by atoms with Crippen LogP contribution in [0.15, 0.2) is 48.0 Å². The second-order valence-corrected chi connectivity index (χ2v) is 4.15. The second kappa shape index (κ2) is 7.13. The number of nitriles is 1. The lowest BCUT2D eigenvalue weighted by Gasteiger charge is -2.09. The third-order valence-corrected chi connectivity index (χ3v) is 2.79. The molecule has 1 rings (SSSR count). The molecule has 96 valence electrons. The van der Waals surface area contributed by atoms with Crippen molar-refractivity contribution in [1.29, 1.82) is 5.26 Å². The van der Waals surface area contributed by atoms with Gasteiger partial charge in [-0.05, 0) is 48.2 Å². The smallest absolute Gasteiger partial charge is 0.0992 e. The molecule has 1 aromatic rings. The number of nitrogens with zero attached hydrogens (tertiary/aromatic N) is 2. The molecular formula is C17H18N2. The Morgan fingerprint density at radius 1 is 1.37 bits per heavy atom. The molecule has 0 aromatic heterocycles. The monoisotopic (exact) mass is 250 g/mol. The van der Waals surface area contributed by atoms with Crippen LogP contribution in [0.25, 0.3) is 5.57 Å². The number of hydrogen-bond acceptors (Lipinski definition) is 2. The number of rotatable bonds is 4. The maximum Gasteiger partial charge on any atom is 0.0992 e. The molecule has 0 heterocycles. The molecule has 0 aliphatic carbocycles. The summed E-state index contributed by atoms with van der Waals surface area (Å²) >= 11 is 0. The molecule has 0 atom stereocenters. The van der Waals surface area contributed by atoms with Crippen LogP contribution >= 0.6 is 0 Å². The van der Waals surface area contributed by atoms with Gasteiger partial charge in [-0.3, -0.25) is 4.99 Å². The maximum absolute atomic E-state index is 9.09. The molecule has 0 aliphatic rings. The Balaban J connectivity index is 3.30. The van der Waals surface area contributed by atoms with Gasteiger partial charge in [0.2, 0.25) is 0 Å². The summed E-state index contributed by atoms with van der Waals surface area (Å²) in [5.41, 5.74) is 4.53. The van der Waals surface area contributed by atoms with Gasteiger partial charge < -0.3 is 0 Å². The Morgan fingerprint density at radius 3 is 2.68 bits per heavy atom. The van der Waals surface area contributed by atoms with Gasteiger partial charge in [-0.25, -0.2) is 0 Å². The van der Waals surface area contributed by atoms with Gasteiger partial charge >= 0.3 is 0 Å². The predicted octanol–water partition coefficient (Wildman–Crippen LogP) is 4.06. The van der Waals surface area contributed by atoms with E-state index in [0.29, 0.717) is 5.56 Å². The third kappa shape index (κ3) is 3.79. The normalized spacial score (nSPS) is 11.5. The summed E-state index contributed by atoms with van der Waals surface area (Å²) in [6, 6.07) is 5.88. The first-order valence-corrected chi connectivity index (χ1v) is 6.09. The molecule has 0 N–H and O–H groups in total. The zero-order chi connectivity index (χ0) is 14.3. The molecule has 19 heavy (non-hydrogen) atoms. The van der Waals surface area contributed by atoms with E-state index in [9.17, 15) is 0 Å². The summed E-state index contributed by atoms with van der Waals surface area (Å²) in [6.07, 6.45) is 9.55. The first kappa shape index (κ1) is 14.7. The minimum atomic E-state index is 0.621. The van der Waals surface area contributed by atoms with E-state index in [1.807, 2.05) is 50.3 Å². The van der Waals surface area contributed by atoms with E-state index in [2.05, 4.69) is 17.6 Å². The molecule has 0 saturated carbocycles. The van der Waals surface area contributed by atoms with Gasteiger partial charge in [0.05, 0.1) is 11.6 Å². The zero-order valence-electron chi connectivity index (χ0n) is 11.6. The van der Waals surface area contributed by atoms with E-state index >= 15 is 0 Å². The Labute approximate surface area is 115 Å². The molecule has 1 aromatic carbocycles. The second-order valence-electron chi connectivity index (χ2n) is 4.15. The fourth-order valence-corrected chi connectivity index (χ4v) is 1.78. The summed E-state index contributed by atoms with van der Waals surface area (Å²) in [6.45, 7) is 8.04.